The smallest absolute Gasteiger partial charge is 0.306 e. The van der Waals surface area contributed by atoms with E-state index in [1.165, 1.54) is 0 Å². The average Bonchev–Trinajstić information content (AvgIpc) is 2.14. The topological polar surface area (TPSA) is 52.6 Å². The number of carbonyl (C=O) groups excluding carboxylic acids is 2. The molecule has 0 aliphatic carbocycles. The Morgan fingerprint density at radius 3 is 1.50 bits per heavy atom. The summed E-state index contributed by atoms with van der Waals surface area (Å²) in [4.78, 5) is 22.6. The third kappa shape index (κ3) is 3.59. The van der Waals surface area contributed by atoms with Gasteiger partial charge in [-0.3, -0.25) is 9.59 Å². The van der Waals surface area contributed by atoms with E-state index >= 15 is 0 Å². The number of rotatable bonds is 5. The van der Waals surface area contributed by atoms with Crippen molar-refractivity contribution < 1.29 is 19.1 Å². The summed E-state index contributed by atoms with van der Waals surface area (Å²) < 4.78 is 10.2. The van der Waals surface area contributed by atoms with E-state index in [0.29, 0.717) is 0 Å². The molecule has 0 aromatic carbocycles. The van der Waals surface area contributed by atoms with E-state index in [1.807, 2.05) is 0 Å². The molecular formula is C10H14O4S2. The van der Waals surface area contributed by atoms with Gasteiger partial charge in [0.15, 0.2) is 0 Å². The molecule has 0 N–H and O–H groups in total. The maximum absolute atomic E-state index is 11.3. The molecule has 2 rings (SSSR count). The standard InChI is InChI=1S/C10H14O4S2/c11-9(13-7-3-15-4-7)1-2-10(12)14-8-5-16-6-8/h7-8H,1-6H2. The molecule has 0 aromatic heterocycles. The molecule has 4 nitrogen and oxygen atoms in total. The molecule has 2 aliphatic rings. The summed E-state index contributed by atoms with van der Waals surface area (Å²) in [6, 6.07) is 0. The van der Waals surface area contributed by atoms with E-state index in [4.69, 9.17) is 9.47 Å². The van der Waals surface area contributed by atoms with Crippen LogP contribution in [0.3, 0.4) is 0 Å². The van der Waals surface area contributed by atoms with Crippen LogP contribution in [0.25, 0.3) is 0 Å². The molecule has 2 saturated heterocycles. The predicted octanol–water partition coefficient (Wildman–Crippen LogP) is 1.08. The Labute approximate surface area is 103 Å². The zero-order chi connectivity index (χ0) is 11.4. The minimum atomic E-state index is -0.287. The van der Waals surface area contributed by atoms with Gasteiger partial charge in [-0.1, -0.05) is 0 Å². The van der Waals surface area contributed by atoms with Gasteiger partial charge in [0, 0.05) is 23.0 Å². The van der Waals surface area contributed by atoms with Crippen molar-refractivity contribution >= 4 is 35.5 Å². The molecule has 90 valence electrons. The lowest BCUT2D eigenvalue weighted by atomic mass is 10.3. The van der Waals surface area contributed by atoms with Crippen LogP contribution in [0.15, 0.2) is 0 Å². The molecule has 0 aromatic rings. The van der Waals surface area contributed by atoms with E-state index in [1.54, 1.807) is 23.5 Å². The number of hydrogen-bond acceptors (Lipinski definition) is 6. The number of hydrogen-bond donors (Lipinski definition) is 0. The minimum Gasteiger partial charge on any atom is -0.461 e. The second kappa shape index (κ2) is 5.82. The Hall–Kier alpha value is -0.360. The van der Waals surface area contributed by atoms with Crippen LogP contribution >= 0.6 is 23.5 Å². The highest BCUT2D eigenvalue weighted by Gasteiger charge is 2.24. The lowest BCUT2D eigenvalue weighted by molar-refractivity contribution is -0.154. The van der Waals surface area contributed by atoms with Crippen LogP contribution in [0.4, 0.5) is 0 Å². The van der Waals surface area contributed by atoms with Crippen molar-refractivity contribution in [1.29, 1.82) is 0 Å². The van der Waals surface area contributed by atoms with E-state index in [0.717, 1.165) is 23.0 Å². The number of thioether (sulfide) groups is 2. The van der Waals surface area contributed by atoms with Gasteiger partial charge >= 0.3 is 11.9 Å². The third-order valence-corrected chi connectivity index (χ3v) is 4.77. The van der Waals surface area contributed by atoms with E-state index in [2.05, 4.69) is 0 Å². The SMILES string of the molecule is O=C(CCC(=O)OC1CSC1)OC1CSC1. The van der Waals surface area contributed by atoms with Crippen molar-refractivity contribution in [2.24, 2.45) is 0 Å². The highest BCUT2D eigenvalue weighted by Crippen LogP contribution is 2.22. The number of carbonyl (C=O) groups is 2. The maximum Gasteiger partial charge on any atom is 0.306 e. The largest absolute Gasteiger partial charge is 0.461 e. The summed E-state index contributed by atoms with van der Waals surface area (Å²) in [5.41, 5.74) is 0. The third-order valence-electron chi connectivity index (χ3n) is 2.34. The minimum absolute atomic E-state index is 0.0663. The van der Waals surface area contributed by atoms with Gasteiger partial charge in [0.1, 0.15) is 12.2 Å². The summed E-state index contributed by atoms with van der Waals surface area (Å²) in [6.07, 6.45) is 0.410. The Morgan fingerprint density at radius 1 is 0.875 bits per heavy atom. The second-order valence-electron chi connectivity index (χ2n) is 3.80. The first kappa shape index (κ1) is 12.1. The van der Waals surface area contributed by atoms with Gasteiger partial charge in [0.2, 0.25) is 0 Å². The van der Waals surface area contributed by atoms with Crippen LogP contribution in [-0.4, -0.2) is 47.2 Å². The molecule has 6 heteroatoms. The van der Waals surface area contributed by atoms with Gasteiger partial charge in [0.25, 0.3) is 0 Å². The molecule has 16 heavy (non-hydrogen) atoms. The first-order chi connectivity index (χ1) is 7.74. The van der Waals surface area contributed by atoms with Crippen molar-refractivity contribution in [3.8, 4) is 0 Å². The fraction of sp³-hybridized carbons (Fsp3) is 0.800. The molecule has 2 aliphatic heterocycles. The number of ether oxygens (including phenoxy) is 2. The Morgan fingerprint density at radius 2 is 1.25 bits per heavy atom. The van der Waals surface area contributed by atoms with Crippen molar-refractivity contribution in [1.82, 2.24) is 0 Å². The monoisotopic (exact) mass is 262 g/mol. The van der Waals surface area contributed by atoms with Gasteiger partial charge in [-0.2, -0.15) is 23.5 Å². The molecule has 0 atom stereocenters. The lowest BCUT2D eigenvalue weighted by Crippen LogP contribution is -2.32. The second-order valence-corrected chi connectivity index (χ2v) is 5.95. The first-order valence-electron chi connectivity index (χ1n) is 5.28. The summed E-state index contributed by atoms with van der Waals surface area (Å²) in [7, 11) is 0. The quantitative estimate of drug-likeness (QED) is 0.691. The molecule has 0 saturated carbocycles. The van der Waals surface area contributed by atoms with Crippen LogP contribution in [0.1, 0.15) is 12.8 Å². The first-order valence-corrected chi connectivity index (χ1v) is 7.59. The van der Waals surface area contributed by atoms with Gasteiger partial charge < -0.3 is 9.47 Å². The Balaban J connectivity index is 1.54. The summed E-state index contributed by atoms with van der Waals surface area (Å²) in [6.45, 7) is 0. The number of esters is 2. The molecular weight excluding hydrogens is 248 g/mol. The fourth-order valence-electron chi connectivity index (χ4n) is 1.26. The molecule has 0 unspecified atom stereocenters. The van der Waals surface area contributed by atoms with Gasteiger partial charge in [-0.15, -0.1) is 0 Å². The van der Waals surface area contributed by atoms with Gasteiger partial charge in [0.05, 0.1) is 12.8 Å². The molecule has 2 fully saturated rings. The molecule has 2 heterocycles. The fourth-order valence-corrected chi connectivity index (χ4v) is 2.39. The van der Waals surface area contributed by atoms with Crippen molar-refractivity contribution in [2.45, 2.75) is 25.0 Å². The van der Waals surface area contributed by atoms with Gasteiger partial charge in [-0.25, -0.2) is 0 Å². The van der Waals surface area contributed by atoms with E-state index < -0.39 is 0 Å². The van der Waals surface area contributed by atoms with Crippen molar-refractivity contribution in [2.75, 3.05) is 23.0 Å². The highest BCUT2D eigenvalue weighted by atomic mass is 32.2. The average molecular weight is 262 g/mol. The van der Waals surface area contributed by atoms with Crippen LogP contribution < -0.4 is 0 Å². The molecule has 0 bridgehead atoms. The Kier molecular flexibility index (Phi) is 4.40. The van der Waals surface area contributed by atoms with Crippen LogP contribution in [0.2, 0.25) is 0 Å². The van der Waals surface area contributed by atoms with Crippen LogP contribution in [0.5, 0.6) is 0 Å². The van der Waals surface area contributed by atoms with Crippen molar-refractivity contribution in [3.05, 3.63) is 0 Å². The zero-order valence-electron chi connectivity index (χ0n) is 8.85. The summed E-state index contributed by atoms with van der Waals surface area (Å²) in [5.74, 6) is 2.96. The van der Waals surface area contributed by atoms with Crippen LogP contribution in [0, 0.1) is 0 Å². The van der Waals surface area contributed by atoms with E-state index in [-0.39, 0.29) is 37.0 Å². The molecule has 0 spiro atoms. The summed E-state index contributed by atoms with van der Waals surface area (Å²) in [5, 5.41) is 0. The van der Waals surface area contributed by atoms with Gasteiger partial charge in [-0.05, 0) is 0 Å². The molecule has 0 amide bonds. The molecule has 0 radical (unpaired) electrons. The van der Waals surface area contributed by atoms with E-state index in [9.17, 15) is 9.59 Å². The zero-order valence-corrected chi connectivity index (χ0v) is 10.5. The lowest BCUT2D eigenvalue weighted by Gasteiger charge is -2.25. The maximum atomic E-state index is 11.3. The predicted molar refractivity (Wildman–Crippen MR) is 63.6 cm³/mol. The van der Waals surface area contributed by atoms with Crippen molar-refractivity contribution in [3.63, 3.8) is 0 Å². The summed E-state index contributed by atoms with van der Waals surface area (Å²) >= 11 is 3.52. The van der Waals surface area contributed by atoms with Crippen LogP contribution in [-0.2, 0) is 19.1 Å². The Bertz CT molecular complexity index is 246. The normalized spacial score (nSPS) is 20.8. The highest BCUT2D eigenvalue weighted by molar-refractivity contribution is 8.00.